The minimum atomic E-state index is 0.0300. The summed E-state index contributed by atoms with van der Waals surface area (Å²) in [6.07, 6.45) is 0. The molecule has 20 heavy (non-hydrogen) atoms. The lowest BCUT2D eigenvalue weighted by molar-refractivity contribution is 0.630. The minimum Gasteiger partial charge on any atom is -0.306 e. The van der Waals surface area contributed by atoms with Crippen molar-refractivity contribution in [1.82, 2.24) is 5.32 Å². The van der Waals surface area contributed by atoms with Crippen molar-refractivity contribution in [2.75, 3.05) is 6.54 Å². The van der Waals surface area contributed by atoms with Crippen molar-refractivity contribution in [1.29, 1.82) is 0 Å². The van der Waals surface area contributed by atoms with E-state index in [4.69, 9.17) is 23.2 Å². The quantitative estimate of drug-likeness (QED) is 0.718. The van der Waals surface area contributed by atoms with Gasteiger partial charge in [0.05, 0.1) is 6.04 Å². The first-order valence-electron chi connectivity index (χ1n) is 6.46. The van der Waals surface area contributed by atoms with E-state index in [2.05, 4.69) is 53.3 Å². The van der Waals surface area contributed by atoms with Crippen molar-refractivity contribution in [3.8, 4) is 0 Å². The predicted molar refractivity (Wildman–Crippen MR) is 90.9 cm³/mol. The van der Waals surface area contributed by atoms with Crippen molar-refractivity contribution >= 4 is 39.1 Å². The van der Waals surface area contributed by atoms with Gasteiger partial charge >= 0.3 is 0 Å². The van der Waals surface area contributed by atoms with E-state index in [1.165, 1.54) is 11.1 Å². The fourth-order valence-electron chi connectivity index (χ4n) is 2.28. The van der Waals surface area contributed by atoms with E-state index in [1.807, 2.05) is 18.2 Å². The van der Waals surface area contributed by atoms with Gasteiger partial charge in [-0.05, 0) is 60.5 Å². The van der Waals surface area contributed by atoms with Crippen LogP contribution in [0.25, 0.3) is 0 Å². The van der Waals surface area contributed by atoms with Gasteiger partial charge in [0.1, 0.15) is 0 Å². The zero-order chi connectivity index (χ0) is 14.7. The molecule has 1 unspecified atom stereocenters. The molecular weight excluding hydrogens is 357 g/mol. The number of aryl methyl sites for hydroxylation is 1. The van der Waals surface area contributed by atoms with Gasteiger partial charge in [-0.15, -0.1) is 0 Å². The monoisotopic (exact) mass is 371 g/mol. The Morgan fingerprint density at radius 3 is 2.55 bits per heavy atom. The van der Waals surface area contributed by atoms with E-state index in [1.54, 1.807) is 0 Å². The summed E-state index contributed by atoms with van der Waals surface area (Å²) < 4.78 is 1.06. The topological polar surface area (TPSA) is 12.0 Å². The molecule has 0 aliphatic rings. The van der Waals surface area contributed by atoms with E-state index in [-0.39, 0.29) is 6.04 Å². The molecule has 1 N–H and O–H groups in total. The molecule has 4 heteroatoms. The Bertz CT molecular complexity index is 593. The van der Waals surface area contributed by atoms with E-state index in [9.17, 15) is 0 Å². The second-order valence-electron chi connectivity index (χ2n) is 4.72. The highest BCUT2D eigenvalue weighted by molar-refractivity contribution is 9.10. The molecule has 0 aliphatic heterocycles. The number of hydrogen-bond acceptors (Lipinski definition) is 1. The molecule has 0 spiro atoms. The molecule has 2 rings (SSSR count). The maximum absolute atomic E-state index is 6.35. The molecule has 0 aromatic heterocycles. The molecule has 0 saturated carbocycles. The Morgan fingerprint density at radius 1 is 1.15 bits per heavy atom. The van der Waals surface area contributed by atoms with E-state index in [0.29, 0.717) is 5.02 Å². The fraction of sp³-hybridized carbons (Fsp3) is 0.250. The molecular formula is C16H16BrCl2N. The van der Waals surface area contributed by atoms with Crippen molar-refractivity contribution in [3.63, 3.8) is 0 Å². The molecule has 0 aliphatic carbocycles. The van der Waals surface area contributed by atoms with Crippen LogP contribution in [0, 0.1) is 6.92 Å². The molecule has 1 nitrogen and oxygen atoms in total. The Balaban J connectivity index is 2.52. The summed E-state index contributed by atoms with van der Waals surface area (Å²) in [7, 11) is 0. The van der Waals surface area contributed by atoms with Gasteiger partial charge in [-0.25, -0.2) is 0 Å². The first kappa shape index (κ1) is 15.8. The summed E-state index contributed by atoms with van der Waals surface area (Å²) in [5.41, 5.74) is 3.37. The summed E-state index contributed by atoms with van der Waals surface area (Å²) in [5.74, 6) is 0. The largest absolute Gasteiger partial charge is 0.306 e. The highest BCUT2D eigenvalue weighted by atomic mass is 79.9. The number of rotatable bonds is 4. The predicted octanol–water partition coefficient (Wildman–Crippen LogP) is 5.76. The lowest BCUT2D eigenvalue weighted by Gasteiger charge is -2.21. The number of hydrogen-bond donors (Lipinski definition) is 1. The van der Waals surface area contributed by atoms with Crippen LogP contribution in [0.1, 0.15) is 29.7 Å². The summed E-state index contributed by atoms with van der Waals surface area (Å²) >= 11 is 16.0. The molecule has 0 heterocycles. The van der Waals surface area contributed by atoms with Gasteiger partial charge in [0.2, 0.25) is 0 Å². The van der Waals surface area contributed by atoms with Crippen molar-refractivity contribution in [2.24, 2.45) is 0 Å². The molecule has 1 atom stereocenters. The highest BCUT2D eigenvalue weighted by Gasteiger charge is 2.17. The van der Waals surface area contributed by atoms with Crippen LogP contribution >= 0.6 is 39.1 Å². The third-order valence-corrected chi connectivity index (χ3v) is 4.11. The molecule has 2 aromatic rings. The molecule has 106 valence electrons. The fourth-order valence-corrected chi connectivity index (χ4v) is 3.31. The van der Waals surface area contributed by atoms with Crippen LogP contribution in [0.15, 0.2) is 40.9 Å². The van der Waals surface area contributed by atoms with Crippen LogP contribution in [-0.4, -0.2) is 6.54 Å². The Kier molecular flexibility index (Phi) is 5.50. The van der Waals surface area contributed by atoms with Crippen LogP contribution in [0.4, 0.5) is 0 Å². The van der Waals surface area contributed by atoms with Crippen LogP contribution in [-0.2, 0) is 0 Å². The third kappa shape index (κ3) is 3.76. The smallest absolute Gasteiger partial charge is 0.0592 e. The number of benzene rings is 2. The summed E-state index contributed by atoms with van der Waals surface area (Å²) in [6, 6.07) is 12.0. The lowest BCUT2D eigenvalue weighted by Crippen LogP contribution is -2.22. The van der Waals surface area contributed by atoms with Gasteiger partial charge in [0.25, 0.3) is 0 Å². The van der Waals surface area contributed by atoms with Crippen LogP contribution in [0.2, 0.25) is 10.0 Å². The van der Waals surface area contributed by atoms with Crippen LogP contribution in [0.3, 0.4) is 0 Å². The molecule has 0 bridgehead atoms. The molecule has 2 aromatic carbocycles. The van der Waals surface area contributed by atoms with Gasteiger partial charge < -0.3 is 5.32 Å². The summed E-state index contributed by atoms with van der Waals surface area (Å²) in [4.78, 5) is 0. The normalized spacial score (nSPS) is 12.4. The molecule has 0 saturated heterocycles. The van der Waals surface area contributed by atoms with E-state index < -0.39 is 0 Å². The number of halogens is 3. The van der Waals surface area contributed by atoms with Gasteiger partial charge in [-0.3, -0.25) is 0 Å². The first-order chi connectivity index (χ1) is 9.51. The molecule has 0 radical (unpaired) electrons. The SMILES string of the molecule is CCNC(c1cc(C)cc(Br)c1)c1cc(Cl)ccc1Cl. The van der Waals surface area contributed by atoms with Crippen LogP contribution < -0.4 is 5.32 Å². The molecule has 0 fully saturated rings. The van der Waals surface area contributed by atoms with Crippen molar-refractivity contribution < 1.29 is 0 Å². The standard InChI is InChI=1S/C16H16BrCl2N/c1-3-20-16(11-6-10(2)7-12(17)8-11)14-9-13(18)4-5-15(14)19/h4-9,16,20H,3H2,1-2H3. The van der Waals surface area contributed by atoms with Gasteiger partial charge in [0, 0.05) is 14.5 Å². The van der Waals surface area contributed by atoms with Crippen molar-refractivity contribution in [2.45, 2.75) is 19.9 Å². The average molecular weight is 373 g/mol. The third-order valence-electron chi connectivity index (χ3n) is 3.08. The van der Waals surface area contributed by atoms with Gasteiger partial charge in [-0.2, -0.15) is 0 Å². The Labute approximate surface area is 138 Å². The van der Waals surface area contributed by atoms with E-state index in [0.717, 1.165) is 21.6 Å². The Hall–Kier alpha value is -0.540. The second-order valence-corrected chi connectivity index (χ2v) is 6.48. The maximum atomic E-state index is 6.35. The van der Waals surface area contributed by atoms with Crippen LogP contribution in [0.5, 0.6) is 0 Å². The maximum Gasteiger partial charge on any atom is 0.0592 e. The van der Waals surface area contributed by atoms with Crippen molar-refractivity contribution in [3.05, 3.63) is 67.6 Å². The van der Waals surface area contributed by atoms with Gasteiger partial charge in [-0.1, -0.05) is 52.1 Å². The summed E-state index contributed by atoms with van der Waals surface area (Å²) in [6.45, 7) is 5.01. The molecule has 0 amide bonds. The van der Waals surface area contributed by atoms with Gasteiger partial charge in [0.15, 0.2) is 0 Å². The minimum absolute atomic E-state index is 0.0300. The number of nitrogens with one attached hydrogen (secondary N) is 1. The Morgan fingerprint density at radius 2 is 1.90 bits per heavy atom. The zero-order valence-electron chi connectivity index (χ0n) is 11.4. The first-order valence-corrected chi connectivity index (χ1v) is 8.01. The second kappa shape index (κ2) is 6.95. The van der Waals surface area contributed by atoms with E-state index >= 15 is 0 Å². The zero-order valence-corrected chi connectivity index (χ0v) is 14.5. The summed E-state index contributed by atoms with van der Waals surface area (Å²) in [5, 5.41) is 4.89. The lowest BCUT2D eigenvalue weighted by atomic mass is 9.97. The highest BCUT2D eigenvalue weighted by Crippen LogP contribution is 2.32. The average Bonchev–Trinajstić information content (AvgIpc) is 2.38.